The zero-order valence-electron chi connectivity index (χ0n) is 16.6. The lowest BCUT2D eigenvalue weighted by molar-refractivity contribution is -0.135. The molecule has 5 nitrogen and oxygen atoms in total. The molecule has 2 unspecified atom stereocenters. The first-order chi connectivity index (χ1) is 14.5. The van der Waals surface area contributed by atoms with Crippen molar-refractivity contribution in [1.29, 1.82) is 0 Å². The van der Waals surface area contributed by atoms with Crippen LogP contribution in [0.5, 0.6) is 11.6 Å². The summed E-state index contributed by atoms with van der Waals surface area (Å²) in [6, 6.07) is 10.9. The summed E-state index contributed by atoms with van der Waals surface area (Å²) in [7, 11) is 0. The Kier molecular flexibility index (Phi) is 4.78. The predicted molar refractivity (Wildman–Crippen MR) is 114 cm³/mol. The van der Waals surface area contributed by atoms with Gasteiger partial charge in [0.25, 0.3) is 0 Å². The number of ether oxygens (including phenoxy) is 1. The fourth-order valence-corrected chi connectivity index (χ4v) is 4.95. The molecule has 2 bridgehead atoms. The number of hydrogen-bond donors (Lipinski definition) is 0. The van der Waals surface area contributed by atoms with Gasteiger partial charge in [0.1, 0.15) is 11.7 Å². The maximum atomic E-state index is 13.0. The number of hydrogen-bond acceptors (Lipinski definition) is 5. The molecule has 2 aliphatic carbocycles. The molecule has 2 aliphatic rings. The molecule has 0 spiro atoms. The second-order valence-corrected chi connectivity index (χ2v) is 8.54. The van der Waals surface area contributed by atoms with Crippen molar-refractivity contribution in [2.75, 3.05) is 0 Å². The van der Waals surface area contributed by atoms with E-state index in [1.54, 1.807) is 24.4 Å². The fraction of sp³-hybridized carbons (Fsp3) is 0.333. The zero-order chi connectivity index (χ0) is 20.8. The highest BCUT2D eigenvalue weighted by Gasteiger charge is 2.47. The minimum absolute atomic E-state index is 0.0187. The van der Waals surface area contributed by atoms with Gasteiger partial charge in [-0.2, -0.15) is 0 Å². The van der Waals surface area contributed by atoms with Crippen LogP contribution >= 0.6 is 11.6 Å². The summed E-state index contributed by atoms with van der Waals surface area (Å²) in [5.74, 6) is 0.408. The maximum absolute atomic E-state index is 13.0. The van der Waals surface area contributed by atoms with Crippen molar-refractivity contribution in [3.05, 3.63) is 58.7 Å². The number of carbonyl (C=O) groups excluding carboxylic acids is 2. The Labute approximate surface area is 179 Å². The molecule has 6 heteroatoms. The van der Waals surface area contributed by atoms with Gasteiger partial charge in [-0.3, -0.25) is 9.59 Å². The van der Waals surface area contributed by atoms with Crippen LogP contribution in [0.3, 0.4) is 0 Å². The molecule has 0 aliphatic heterocycles. The van der Waals surface area contributed by atoms with E-state index in [9.17, 15) is 9.59 Å². The van der Waals surface area contributed by atoms with E-state index in [2.05, 4.69) is 9.97 Å². The topological polar surface area (TPSA) is 69.2 Å². The van der Waals surface area contributed by atoms with Crippen LogP contribution in [0.2, 0.25) is 5.02 Å². The summed E-state index contributed by atoms with van der Waals surface area (Å²) in [5, 5.41) is 0.598. The Balaban J connectivity index is 1.49. The number of aryl methyl sites for hydroxylation is 1. The molecular formula is C24H21ClN2O3. The molecule has 0 radical (unpaired) electrons. The smallest absolute Gasteiger partial charge is 0.238 e. The molecule has 5 rings (SSSR count). The molecule has 0 N–H and O–H groups in total. The van der Waals surface area contributed by atoms with Crippen LogP contribution in [0.1, 0.15) is 43.2 Å². The van der Waals surface area contributed by atoms with Crippen LogP contribution in [0, 0.1) is 11.8 Å². The van der Waals surface area contributed by atoms with Gasteiger partial charge < -0.3 is 4.74 Å². The molecule has 30 heavy (non-hydrogen) atoms. The molecular weight excluding hydrogens is 400 g/mol. The lowest BCUT2D eigenvalue weighted by Crippen LogP contribution is -2.35. The summed E-state index contributed by atoms with van der Waals surface area (Å²) < 4.78 is 5.96. The molecule has 1 aromatic heterocycles. The summed E-state index contributed by atoms with van der Waals surface area (Å²) >= 11 is 6.00. The third-order valence-electron chi connectivity index (χ3n) is 6.32. The van der Waals surface area contributed by atoms with Gasteiger partial charge in [0.15, 0.2) is 11.6 Å². The van der Waals surface area contributed by atoms with Crippen LogP contribution in [0.15, 0.2) is 42.6 Å². The lowest BCUT2D eigenvalue weighted by Gasteiger charge is -2.27. The molecule has 0 saturated heterocycles. The number of benzene rings is 2. The van der Waals surface area contributed by atoms with Gasteiger partial charge in [-0.05, 0) is 67.1 Å². The van der Waals surface area contributed by atoms with Crippen molar-refractivity contribution in [3.8, 4) is 11.6 Å². The van der Waals surface area contributed by atoms with Crippen molar-refractivity contribution in [2.24, 2.45) is 11.8 Å². The van der Waals surface area contributed by atoms with Gasteiger partial charge in [0.05, 0.1) is 17.2 Å². The number of fused-ring (bicyclic) bond motifs is 3. The monoisotopic (exact) mass is 420 g/mol. The number of rotatable bonds is 4. The zero-order valence-corrected chi connectivity index (χ0v) is 17.4. The van der Waals surface area contributed by atoms with Crippen LogP contribution in [-0.4, -0.2) is 21.5 Å². The van der Waals surface area contributed by atoms with E-state index in [4.69, 9.17) is 16.3 Å². The van der Waals surface area contributed by atoms with Gasteiger partial charge in [-0.15, -0.1) is 0 Å². The first-order valence-corrected chi connectivity index (χ1v) is 10.7. The number of nitrogens with zero attached hydrogens (tertiary/aromatic N) is 2. The van der Waals surface area contributed by atoms with Crippen molar-refractivity contribution in [2.45, 2.75) is 38.5 Å². The molecule has 0 amide bonds. The van der Waals surface area contributed by atoms with Gasteiger partial charge in [-0.1, -0.05) is 24.6 Å². The third-order valence-corrected chi connectivity index (χ3v) is 6.56. The highest BCUT2D eigenvalue weighted by Crippen LogP contribution is 2.45. The normalized spacial score (nSPS) is 23.2. The minimum Gasteiger partial charge on any atom is -0.437 e. The molecule has 2 atom stereocenters. The number of Topliss-reactive ketones (excluding diaryl/α,β-unsaturated/α-hetero) is 2. The summed E-state index contributed by atoms with van der Waals surface area (Å²) in [6.07, 6.45) is 4.68. The van der Waals surface area contributed by atoms with Crippen LogP contribution in [0.25, 0.3) is 11.0 Å². The van der Waals surface area contributed by atoms with Gasteiger partial charge >= 0.3 is 0 Å². The van der Waals surface area contributed by atoms with E-state index in [0.717, 1.165) is 36.8 Å². The first-order valence-electron chi connectivity index (χ1n) is 10.3. The maximum Gasteiger partial charge on any atom is 0.238 e. The van der Waals surface area contributed by atoms with E-state index in [-0.39, 0.29) is 23.4 Å². The fourth-order valence-electron chi connectivity index (χ4n) is 4.78. The Morgan fingerprint density at radius 3 is 2.53 bits per heavy atom. The third kappa shape index (κ3) is 3.27. The highest BCUT2D eigenvalue weighted by atomic mass is 35.5. The largest absolute Gasteiger partial charge is 0.437 e. The molecule has 2 aromatic carbocycles. The number of ketones is 2. The number of halogens is 1. The van der Waals surface area contributed by atoms with E-state index in [0.29, 0.717) is 27.7 Å². The molecule has 3 aromatic rings. The first kappa shape index (κ1) is 19.2. The second-order valence-electron chi connectivity index (χ2n) is 8.10. The molecule has 1 heterocycles. The highest BCUT2D eigenvalue weighted by molar-refractivity contribution is 6.31. The summed E-state index contributed by atoms with van der Waals surface area (Å²) in [4.78, 5) is 34.9. The summed E-state index contributed by atoms with van der Waals surface area (Å²) in [5.41, 5.74) is 3.15. The standard InChI is InChI=1S/C24H21ClN2O3/c1-2-13-5-7-17(30-21-12-26-20-10-16(25)6-8-19(20)27-21)11-18(13)22-23(28)14-3-4-15(9-14)24(22)29/h5-8,10-12,14-15,22H,2-4,9H2,1H3. The van der Waals surface area contributed by atoms with Crippen molar-refractivity contribution in [3.63, 3.8) is 0 Å². The number of carbonyl (C=O) groups is 2. The Morgan fingerprint density at radius 2 is 1.80 bits per heavy atom. The average molecular weight is 421 g/mol. The van der Waals surface area contributed by atoms with Crippen molar-refractivity contribution >= 4 is 34.2 Å². The molecule has 2 fully saturated rings. The van der Waals surface area contributed by atoms with Crippen LogP contribution in [-0.2, 0) is 16.0 Å². The Morgan fingerprint density at radius 1 is 1.03 bits per heavy atom. The Hall–Kier alpha value is -2.79. The average Bonchev–Trinajstić information content (AvgIpc) is 3.20. The van der Waals surface area contributed by atoms with Crippen LogP contribution in [0.4, 0.5) is 0 Å². The lowest BCUT2D eigenvalue weighted by atomic mass is 9.74. The second kappa shape index (κ2) is 7.47. The van der Waals surface area contributed by atoms with Crippen molar-refractivity contribution < 1.29 is 14.3 Å². The quantitative estimate of drug-likeness (QED) is 0.536. The van der Waals surface area contributed by atoms with E-state index < -0.39 is 5.92 Å². The van der Waals surface area contributed by atoms with Gasteiger partial charge in [0.2, 0.25) is 5.88 Å². The molecule has 152 valence electrons. The van der Waals surface area contributed by atoms with Crippen molar-refractivity contribution in [1.82, 2.24) is 9.97 Å². The predicted octanol–water partition coefficient (Wildman–Crippen LogP) is 5.29. The van der Waals surface area contributed by atoms with E-state index in [1.165, 1.54) is 0 Å². The van der Waals surface area contributed by atoms with E-state index >= 15 is 0 Å². The Bertz CT molecular complexity index is 1150. The SMILES string of the molecule is CCc1ccc(Oc2cnc3cc(Cl)ccc3n2)cc1C1C(=O)C2CCC(C2)C1=O. The molecule has 2 saturated carbocycles. The number of aromatic nitrogens is 2. The van der Waals surface area contributed by atoms with E-state index in [1.807, 2.05) is 25.1 Å². The summed E-state index contributed by atoms with van der Waals surface area (Å²) in [6.45, 7) is 2.03. The van der Waals surface area contributed by atoms with Crippen LogP contribution < -0.4 is 4.74 Å². The van der Waals surface area contributed by atoms with Gasteiger partial charge in [-0.25, -0.2) is 9.97 Å². The van der Waals surface area contributed by atoms with Gasteiger partial charge in [0, 0.05) is 16.9 Å². The minimum atomic E-state index is -0.667.